The number of ether oxygens (including phenoxy) is 2. The van der Waals surface area contributed by atoms with Crippen LogP contribution < -0.4 is 9.47 Å². The smallest absolute Gasteiger partial charge is 0.338 e. The lowest BCUT2D eigenvalue weighted by Crippen LogP contribution is -2.25. The summed E-state index contributed by atoms with van der Waals surface area (Å²) >= 11 is 0. The van der Waals surface area contributed by atoms with E-state index in [0.717, 1.165) is 44.1 Å². The van der Waals surface area contributed by atoms with Crippen LogP contribution in [0.3, 0.4) is 0 Å². The van der Waals surface area contributed by atoms with E-state index >= 15 is 0 Å². The predicted octanol–water partition coefficient (Wildman–Crippen LogP) is 6.10. The number of hydrogen-bond acceptors (Lipinski definition) is 4. The average molecular weight is 410 g/mol. The molecule has 158 valence electrons. The highest BCUT2D eigenvalue weighted by Gasteiger charge is 2.27. The van der Waals surface area contributed by atoms with Gasteiger partial charge < -0.3 is 9.47 Å². The Bertz CT molecular complexity index is 925. The van der Waals surface area contributed by atoms with E-state index in [2.05, 4.69) is 13.5 Å². The molecule has 0 unspecified atom stereocenters. The fourth-order valence-electron chi connectivity index (χ4n) is 3.70. The number of hydrogen-bond donors (Lipinski definition) is 0. The predicted molar refractivity (Wildman–Crippen MR) is 114 cm³/mol. The lowest BCUT2D eigenvalue weighted by Gasteiger charge is -2.26. The van der Waals surface area contributed by atoms with E-state index in [1.165, 1.54) is 13.0 Å². The molecule has 1 fully saturated rings. The Morgan fingerprint density at radius 1 is 1.00 bits per heavy atom. The summed E-state index contributed by atoms with van der Waals surface area (Å²) in [6.07, 6.45) is 5.07. The SMILES string of the molecule is C=C(C)C(=O)Oc1ccc(-c2ccc(OC(=O)C3CCC(CC)CC3)cc2)c(F)c1. The van der Waals surface area contributed by atoms with Crippen molar-refractivity contribution >= 4 is 11.9 Å². The average Bonchev–Trinajstić information content (AvgIpc) is 2.74. The molecule has 1 aliphatic rings. The monoisotopic (exact) mass is 410 g/mol. The van der Waals surface area contributed by atoms with Gasteiger partial charge in [0.1, 0.15) is 17.3 Å². The number of carbonyl (C=O) groups excluding carboxylic acids is 2. The van der Waals surface area contributed by atoms with E-state index in [1.54, 1.807) is 30.3 Å². The van der Waals surface area contributed by atoms with Crippen LogP contribution in [0, 0.1) is 17.7 Å². The fourth-order valence-corrected chi connectivity index (χ4v) is 3.70. The Morgan fingerprint density at radius 3 is 2.20 bits per heavy atom. The van der Waals surface area contributed by atoms with Crippen LogP contribution in [0.15, 0.2) is 54.6 Å². The first kappa shape index (κ1) is 21.8. The van der Waals surface area contributed by atoms with E-state index in [-0.39, 0.29) is 23.2 Å². The third kappa shape index (κ3) is 5.35. The van der Waals surface area contributed by atoms with Crippen molar-refractivity contribution < 1.29 is 23.5 Å². The van der Waals surface area contributed by atoms with E-state index in [9.17, 15) is 14.0 Å². The number of benzene rings is 2. The first-order chi connectivity index (χ1) is 14.4. The zero-order valence-electron chi connectivity index (χ0n) is 17.4. The molecule has 0 aliphatic heterocycles. The molecule has 1 saturated carbocycles. The van der Waals surface area contributed by atoms with Crippen molar-refractivity contribution in [3.8, 4) is 22.6 Å². The van der Waals surface area contributed by atoms with Gasteiger partial charge in [0.25, 0.3) is 0 Å². The molecule has 0 heterocycles. The summed E-state index contributed by atoms with van der Waals surface area (Å²) in [5, 5.41) is 0. The molecule has 4 nitrogen and oxygen atoms in total. The van der Waals surface area contributed by atoms with Crippen molar-refractivity contribution in [2.75, 3.05) is 0 Å². The van der Waals surface area contributed by atoms with Gasteiger partial charge in [-0.1, -0.05) is 32.1 Å². The van der Waals surface area contributed by atoms with Crippen LogP contribution in [0.4, 0.5) is 4.39 Å². The van der Waals surface area contributed by atoms with Crippen LogP contribution in [0.1, 0.15) is 46.0 Å². The van der Waals surface area contributed by atoms with Gasteiger partial charge in [0.15, 0.2) is 0 Å². The summed E-state index contributed by atoms with van der Waals surface area (Å²) in [7, 11) is 0. The van der Waals surface area contributed by atoms with Gasteiger partial charge in [-0.3, -0.25) is 4.79 Å². The molecule has 0 radical (unpaired) electrons. The Balaban J connectivity index is 1.63. The zero-order chi connectivity index (χ0) is 21.7. The summed E-state index contributed by atoms with van der Waals surface area (Å²) in [5.74, 6) is -0.0530. The molecule has 1 aliphatic carbocycles. The normalized spacial score (nSPS) is 18.5. The van der Waals surface area contributed by atoms with Crippen LogP contribution in [-0.4, -0.2) is 11.9 Å². The topological polar surface area (TPSA) is 52.6 Å². The summed E-state index contributed by atoms with van der Waals surface area (Å²) in [6, 6.07) is 11.0. The molecule has 0 saturated heterocycles. The van der Waals surface area contributed by atoms with Crippen molar-refractivity contribution in [2.24, 2.45) is 11.8 Å². The molecule has 0 atom stereocenters. The molecule has 0 spiro atoms. The van der Waals surface area contributed by atoms with Gasteiger partial charge in [-0.25, -0.2) is 9.18 Å². The molecule has 0 amide bonds. The van der Waals surface area contributed by atoms with Crippen LogP contribution in [0.2, 0.25) is 0 Å². The first-order valence-corrected chi connectivity index (χ1v) is 10.4. The molecule has 2 aromatic rings. The Kier molecular flexibility index (Phi) is 7.03. The van der Waals surface area contributed by atoms with Crippen LogP contribution >= 0.6 is 0 Å². The molecular weight excluding hydrogens is 383 g/mol. The van der Waals surface area contributed by atoms with Crippen LogP contribution in [-0.2, 0) is 9.59 Å². The quantitative estimate of drug-likeness (QED) is 0.328. The lowest BCUT2D eigenvalue weighted by molar-refractivity contribution is -0.140. The third-order valence-electron chi connectivity index (χ3n) is 5.64. The number of rotatable bonds is 6. The Labute approximate surface area is 176 Å². The highest BCUT2D eigenvalue weighted by Crippen LogP contribution is 2.32. The fraction of sp³-hybridized carbons (Fsp3) is 0.360. The van der Waals surface area contributed by atoms with Crippen molar-refractivity contribution in [3.05, 3.63) is 60.4 Å². The molecule has 3 rings (SSSR count). The maximum Gasteiger partial charge on any atom is 0.338 e. The zero-order valence-corrected chi connectivity index (χ0v) is 17.4. The number of carbonyl (C=O) groups is 2. The molecule has 0 N–H and O–H groups in total. The largest absolute Gasteiger partial charge is 0.426 e. The number of esters is 2. The van der Waals surface area contributed by atoms with Crippen LogP contribution in [0.25, 0.3) is 11.1 Å². The molecule has 30 heavy (non-hydrogen) atoms. The van der Waals surface area contributed by atoms with Crippen molar-refractivity contribution in [1.29, 1.82) is 0 Å². The summed E-state index contributed by atoms with van der Waals surface area (Å²) in [4.78, 5) is 24.0. The van der Waals surface area contributed by atoms with Crippen LogP contribution in [0.5, 0.6) is 11.5 Å². The van der Waals surface area contributed by atoms with E-state index in [1.807, 2.05) is 0 Å². The van der Waals surface area contributed by atoms with E-state index in [4.69, 9.17) is 9.47 Å². The van der Waals surface area contributed by atoms with Gasteiger partial charge in [-0.05, 0) is 68.4 Å². The first-order valence-electron chi connectivity index (χ1n) is 10.4. The second-order valence-electron chi connectivity index (χ2n) is 7.88. The standard InChI is InChI=1S/C25H27FO4/c1-4-17-5-7-19(8-6-17)25(28)29-20-11-9-18(10-12-20)22-14-13-21(15-23(22)26)30-24(27)16(2)3/h9-15,17,19H,2,4-8H2,1,3H3. The molecular formula is C25H27FO4. The maximum atomic E-state index is 14.5. The summed E-state index contributed by atoms with van der Waals surface area (Å²) in [6.45, 7) is 7.22. The van der Waals surface area contributed by atoms with Gasteiger partial charge in [0.2, 0.25) is 0 Å². The third-order valence-corrected chi connectivity index (χ3v) is 5.64. The minimum atomic E-state index is -0.600. The second kappa shape index (κ2) is 9.70. The maximum absolute atomic E-state index is 14.5. The highest BCUT2D eigenvalue weighted by molar-refractivity contribution is 5.88. The van der Waals surface area contributed by atoms with Crippen molar-refractivity contribution in [3.63, 3.8) is 0 Å². The lowest BCUT2D eigenvalue weighted by atomic mass is 9.81. The highest BCUT2D eigenvalue weighted by atomic mass is 19.1. The molecule has 5 heteroatoms. The molecule has 0 bridgehead atoms. The van der Waals surface area contributed by atoms with Gasteiger partial charge in [-0.15, -0.1) is 0 Å². The van der Waals surface area contributed by atoms with E-state index < -0.39 is 11.8 Å². The number of halogens is 1. The van der Waals surface area contributed by atoms with Crippen molar-refractivity contribution in [2.45, 2.75) is 46.0 Å². The summed E-state index contributed by atoms with van der Waals surface area (Å²) < 4.78 is 25.1. The Morgan fingerprint density at radius 2 is 1.63 bits per heavy atom. The van der Waals surface area contributed by atoms with Crippen molar-refractivity contribution in [1.82, 2.24) is 0 Å². The van der Waals surface area contributed by atoms with Gasteiger partial charge in [-0.2, -0.15) is 0 Å². The van der Waals surface area contributed by atoms with Gasteiger partial charge >= 0.3 is 11.9 Å². The van der Waals surface area contributed by atoms with Gasteiger partial charge in [0, 0.05) is 17.2 Å². The van der Waals surface area contributed by atoms with E-state index in [0.29, 0.717) is 16.9 Å². The second-order valence-corrected chi connectivity index (χ2v) is 7.88. The molecule has 2 aromatic carbocycles. The molecule has 0 aromatic heterocycles. The summed E-state index contributed by atoms with van der Waals surface area (Å²) in [5.41, 5.74) is 1.23. The van der Waals surface area contributed by atoms with Gasteiger partial charge in [0.05, 0.1) is 5.92 Å². The minimum absolute atomic E-state index is 0.0422. The minimum Gasteiger partial charge on any atom is -0.426 e. The Hall–Kier alpha value is -2.95.